The molecule has 3 N–H and O–H groups in total. The molecule has 0 fully saturated rings. The molecule has 0 unspecified atom stereocenters. The van der Waals surface area contributed by atoms with Gasteiger partial charge in [0.25, 0.3) is 5.91 Å². The van der Waals surface area contributed by atoms with Crippen molar-refractivity contribution in [1.29, 1.82) is 0 Å². The molecule has 2 amide bonds. The first kappa shape index (κ1) is 15.6. The van der Waals surface area contributed by atoms with E-state index in [1.54, 1.807) is 30.3 Å². The van der Waals surface area contributed by atoms with Crippen LogP contribution in [0.4, 0.5) is 11.4 Å². The molecule has 0 aliphatic heterocycles. The Hall–Kier alpha value is -2.82. The van der Waals surface area contributed by atoms with Crippen LogP contribution in [-0.4, -0.2) is 25.9 Å². The Morgan fingerprint density at radius 2 is 1.82 bits per heavy atom. The van der Waals surface area contributed by atoms with Crippen molar-refractivity contribution in [2.75, 3.05) is 24.3 Å². The summed E-state index contributed by atoms with van der Waals surface area (Å²) in [7, 11) is 3.83. The highest BCUT2D eigenvalue weighted by Gasteiger charge is 2.11. The zero-order valence-corrected chi connectivity index (χ0v) is 12.7. The van der Waals surface area contributed by atoms with Gasteiger partial charge in [0, 0.05) is 31.0 Å². The van der Waals surface area contributed by atoms with Gasteiger partial charge in [0.05, 0.1) is 6.42 Å². The van der Waals surface area contributed by atoms with Gasteiger partial charge < -0.3 is 16.0 Å². The van der Waals surface area contributed by atoms with E-state index in [9.17, 15) is 9.59 Å². The van der Waals surface area contributed by atoms with Crippen LogP contribution >= 0.6 is 0 Å². The minimum absolute atomic E-state index is 0.0915. The summed E-state index contributed by atoms with van der Waals surface area (Å²) < 4.78 is 0. The summed E-state index contributed by atoms with van der Waals surface area (Å²) in [6, 6.07) is 14.5. The van der Waals surface area contributed by atoms with Gasteiger partial charge in [-0.15, -0.1) is 0 Å². The summed E-state index contributed by atoms with van der Waals surface area (Å²) in [5.74, 6) is -0.656. The summed E-state index contributed by atoms with van der Waals surface area (Å²) >= 11 is 0. The lowest BCUT2D eigenvalue weighted by atomic mass is 10.1. The Kier molecular flexibility index (Phi) is 4.78. The number of nitrogens with one attached hydrogen (secondary N) is 1. The highest BCUT2D eigenvalue weighted by atomic mass is 16.2. The Morgan fingerprint density at radius 3 is 2.50 bits per heavy atom. The van der Waals surface area contributed by atoms with Crippen molar-refractivity contribution >= 4 is 23.2 Å². The van der Waals surface area contributed by atoms with Crippen LogP contribution in [0.3, 0.4) is 0 Å². The number of benzene rings is 2. The fourth-order valence-corrected chi connectivity index (χ4v) is 2.10. The van der Waals surface area contributed by atoms with E-state index in [-0.39, 0.29) is 12.3 Å². The molecule has 0 aliphatic rings. The normalized spacial score (nSPS) is 10.1. The lowest BCUT2D eigenvalue weighted by molar-refractivity contribution is -0.117. The van der Waals surface area contributed by atoms with Crippen LogP contribution in [0.15, 0.2) is 48.5 Å². The van der Waals surface area contributed by atoms with E-state index in [0.29, 0.717) is 16.8 Å². The van der Waals surface area contributed by atoms with Crippen LogP contribution in [0.1, 0.15) is 15.9 Å². The number of carbonyl (C=O) groups excluding carboxylic acids is 2. The number of hydrogen-bond acceptors (Lipinski definition) is 3. The van der Waals surface area contributed by atoms with Gasteiger partial charge >= 0.3 is 0 Å². The third-order valence-corrected chi connectivity index (χ3v) is 3.25. The molecule has 5 heteroatoms. The molecule has 0 bridgehead atoms. The predicted molar refractivity (Wildman–Crippen MR) is 88.1 cm³/mol. The molecule has 2 aromatic carbocycles. The standard InChI is InChI=1S/C17H19N3O2/c1-20(2)14-8-5-7-13(10-14)17(22)19-15-9-4-3-6-12(15)11-16(18)21/h3-10H,11H2,1-2H3,(H2,18,21)(H,19,22). The Balaban J connectivity index is 2.22. The van der Waals surface area contributed by atoms with Crippen LogP contribution in [0.25, 0.3) is 0 Å². The van der Waals surface area contributed by atoms with Crippen LogP contribution < -0.4 is 16.0 Å². The van der Waals surface area contributed by atoms with E-state index in [4.69, 9.17) is 5.73 Å². The molecule has 2 aromatic rings. The third-order valence-electron chi connectivity index (χ3n) is 3.25. The summed E-state index contributed by atoms with van der Waals surface area (Å²) in [4.78, 5) is 25.4. The van der Waals surface area contributed by atoms with E-state index in [1.807, 2.05) is 37.2 Å². The van der Waals surface area contributed by atoms with Crippen molar-refractivity contribution in [3.63, 3.8) is 0 Å². The quantitative estimate of drug-likeness (QED) is 0.886. The Labute approximate surface area is 129 Å². The third kappa shape index (κ3) is 3.85. The molecule has 0 aromatic heterocycles. The molecule has 0 aliphatic carbocycles. The number of hydrogen-bond donors (Lipinski definition) is 2. The molecule has 0 spiro atoms. The second kappa shape index (κ2) is 6.76. The predicted octanol–water partition coefficient (Wildman–Crippen LogP) is 2.03. The zero-order valence-electron chi connectivity index (χ0n) is 12.7. The van der Waals surface area contributed by atoms with Gasteiger partial charge in [0.15, 0.2) is 0 Å². The van der Waals surface area contributed by atoms with Gasteiger partial charge in [-0.3, -0.25) is 9.59 Å². The van der Waals surface area contributed by atoms with Crippen LogP contribution in [0.5, 0.6) is 0 Å². The van der Waals surface area contributed by atoms with E-state index in [0.717, 1.165) is 5.69 Å². The average molecular weight is 297 g/mol. The lowest BCUT2D eigenvalue weighted by Crippen LogP contribution is -2.18. The molecule has 2 rings (SSSR count). The first-order valence-electron chi connectivity index (χ1n) is 6.92. The largest absolute Gasteiger partial charge is 0.378 e. The van der Waals surface area contributed by atoms with E-state index >= 15 is 0 Å². The number of nitrogens with zero attached hydrogens (tertiary/aromatic N) is 1. The molecule has 114 valence electrons. The minimum Gasteiger partial charge on any atom is -0.378 e. The maximum atomic E-state index is 12.4. The molecule has 0 saturated heterocycles. The first-order valence-corrected chi connectivity index (χ1v) is 6.92. The lowest BCUT2D eigenvalue weighted by Gasteiger charge is -2.14. The van der Waals surface area contributed by atoms with E-state index < -0.39 is 5.91 Å². The fourth-order valence-electron chi connectivity index (χ4n) is 2.10. The number of amides is 2. The van der Waals surface area contributed by atoms with Crippen molar-refractivity contribution in [3.05, 3.63) is 59.7 Å². The number of para-hydroxylation sites is 1. The van der Waals surface area contributed by atoms with Crippen LogP contribution in [0, 0.1) is 0 Å². The molecule has 0 heterocycles. The first-order chi connectivity index (χ1) is 10.5. The summed E-state index contributed by atoms with van der Waals surface area (Å²) in [6.45, 7) is 0. The zero-order chi connectivity index (χ0) is 16.1. The van der Waals surface area contributed by atoms with Gasteiger partial charge in [-0.2, -0.15) is 0 Å². The number of carbonyl (C=O) groups is 2. The van der Waals surface area contributed by atoms with Crippen molar-refractivity contribution in [3.8, 4) is 0 Å². The van der Waals surface area contributed by atoms with Gasteiger partial charge in [-0.1, -0.05) is 24.3 Å². The van der Waals surface area contributed by atoms with Gasteiger partial charge in [0.1, 0.15) is 0 Å². The summed E-state index contributed by atoms with van der Waals surface area (Å²) in [6.07, 6.45) is 0.0915. The van der Waals surface area contributed by atoms with E-state index in [2.05, 4.69) is 5.32 Å². The van der Waals surface area contributed by atoms with Crippen molar-refractivity contribution in [1.82, 2.24) is 0 Å². The van der Waals surface area contributed by atoms with Gasteiger partial charge in [-0.05, 0) is 29.8 Å². The highest BCUT2D eigenvalue weighted by molar-refractivity contribution is 6.05. The Bertz CT molecular complexity index is 696. The smallest absolute Gasteiger partial charge is 0.255 e. The van der Waals surface area contributed by atoms with E-state index in [1.165, 1.54) is 0 Å². The molecule has 22 heavy (non-hydrogen) atoms. The summed E-state index contributed by atoms with van der Waals surface area (Å²) in [5.41, 5.74) is 8.03. The van der Waals surface area contributed by atoms with Crippen LogP contribution in [0.2, 0.25) is 0 Å². The van der Waals surface area contributed by atoms with Gasteiger partial charge in [0.2, 0.25) is 5.91 Å². The second-order valence-corrected chi connectivity index (χ2v) is 5.20. The van der Waals surface area contributed by atoms with Crippen LogP contribution in [-0.2, 0) is 11.2 Å². The number of rotatable bonds is 5. The topological polar surface area (TPSA) is 75.4 Å². The summed E-state index contributed by atoms with van der Waals surface area (Å²) in [5, 5.41) is 2.83. The van der Waals surface area contributed by atoms with Crippen molar-refractivity contribution < 1.29 is 9.59 Å². The molecule has 0 atom stereocenters. The number of anilines is 2. The fraction of sp³-hybridized carbons (Fsp3) is 0.176. The maximum absolute atomic E-state index is 12.4. The Morgan fingerprint density at radius 1 is 1.09 bits per heavy atom. The van der Waals surface area contributed by atoms with Gasteiger partial charge in [-0.25, -0.2) is 0 Å². The monoisotopic (exact) mass is 297 g/mol. The highest BCUT2D eigenvalue weighted by Crippen LogP contribution is 2.18. The molecule has 5 nitrogen and oxygen atoms in total. The number of primary amides is 1. The number of nitrogens with two attached hydrogens (primary N) is 1. The van der Waals surface area contributed by atoms with Crippen molar-refractivity contribution in [2.24, 2.45) is 5.73 Å². The maximum Gasteiger partial charge on any atom is 0.255 e. The minimum atomic E-state index is -0.434. The SMILES string of the molecule is CN(C)c1cccc(C(=O)Nc2ccccc2CC(N)=O)c1. The second-order valence-electron chi connectivity index (χ2n) is 5.20. The molecular weight excluding hydrogens is 278 g/mol. The van der Waals surface area contributed by atoms with Crippen molar-refractivity contribution in [2.45, 2.75) is 6.42 Å². The average Bonchev–Trinajstić information content (AvgIpc) is 2.49. The molecule has 0 saturated carbocycles. The molecular formula is C17H19N3O2. The molecule has 0 radical (unpaired) electrons.